The minimum atomic E-state index is -1.45. The van der Waals surface area contributed by atoms with Crippen LogP contribution in [0.3, 0.4) is 0 Å². The lowest BCUT2D eigenvalue weighted by atomic mass is 9.97. The summed E-state index contributed by atoms with van der Waals surface area (Å²) in [4.78, 5) is 52.8. The van der Waals surface area contributed by atoms with Gasteiger partial charge >= 0.3 is 23.9 Å². The number of methoxy groups -OCH3 is 1. The summed E-state index contributed by atoms with van der Waals surface area (Å²) in [5.41, 5.74) is 0.914. The predicted molar refractivity (Wildman–Crippen MR) is 159 cm³/mol. The summed E-state index contributed by atoms with van der Waals surface area (Å²) < 4.78 is 34.9. The van der Waals surface area contributed by atoms with Crippen LogP contribution in [0.4, 0.5) is 0 Å². The Hall–Kier alpha value is -5.32. The normalized spacial score (nSPS) is 20.8. The number of ether oxygens (including phenoxy) is 6. The van der Waals surface area contributed by atoms with E-state index in [2.05, 4.69) is 0 Å². The molecule has 1 heterocycles. The predicted octanol–water partition coefficient (Wildman–Crippen LogP) is 4.89. The molecule has 1 fully saturated rings. The molecule has 10 nitrogen and oxygen atoms in total. The number of esters is 4. The van der Waals surface area contributed by atoms with Crippen LogP contribution in [0.1, 0.15) is 41.4 Å². The Kier molecular flexibility index (Phi) is 10.3. The summed E-state index contributed by atoms with van der Waals surface area (Å²) in [7, 11) is 1.31. The molecule has 0 radical (unpaired) electrons. The van der Waals surface area contributed by atoms with Gasteiger partial charge in [-0.3, -0.25) is 0 Å². The van der Waals surface area contributed by atoms with Gasteiger partial charge in [0.25, 0.3) is 0 Å². The third-order valence-corrected chi connectivity index (χ3v) is 6.97. The Morgan fingerprint density at radius 2 is 0.867 bits per heavy atom. The first-order valence-electron chi connectivity index (χ1n) is 14.1. The van der Waals surface area contributed by atoms with Gasteiger partial charge in [-0.1, -0.05) is 72.8 Å². The van der Waals surface area contributed by atoms with E-state index in [0.29, 0.717) is 0 Å². The second kappa shape index (κ2) is 14.9. The summed E-state index contributed by atoms with van der Waals surface area (Å²) in [5.74, 6) is -2.96. The number of hydrogen-bond donors (Lipinski definition) is 0. The topological polar surface area (TPSA) is 124 Å². The van der Waals surface area contributed by atoms with Gasteiger partial charge < -0.3 is 28.4 Å². The van der Waals surface area contributed by atoms with Crippen LogP contribution < -0.4 is 0 Å². The molecule has 230 valence electrons. The van der Waals surface area contributed by atoms with Crippen LogP contribution in [-0.4, -0.2) is 68.3 Å². The number of carbonyl (C=O) groups is 4. The molecule has 0 bridgehead atoms. The number of carbonyl (C=O) groups excluding carboxylic acids is 4. The van der Waals surface area contributed by atoms with Crippen molar-refractivity contribution in [1.29, 1.82) is 0 Å². The van der Waals surface area contributed by atoms with Crippen molar-refractivity contribution >= 4 is 23.9 Å². The molecule has 0 N–H and O–H groups in total. The highest BCUT2D eigenvalue weighted by Crippen LogP contribution is 2.31. The maximum absolute atomic E-state index is 13.4. The lowest BCUT2D eigenvalue weighted by molar-refractivity contribution is -0.291. The van der Waals surface area contributed by atoms with E-state index < -0.39 is 61.2 Å². The largest absolute Gasteiger partial charge is 0.459 e. The fourth-order valence-corrected chi connectivity index (χ4v) is 4.72. The van der Waals surface area contributed by atoms with Crippen LogP contribution in [0, 0.1) is 0 Å². The quantitative estimate of drug-likeness (QED) is 0.181. The highest BCUT2D eigenvalue weighted by molar-refractivity contribution is 5.91. The molecule has 0 saturated carbocycles. The summed E-state index contributed by atoms with van der Waals surface area (Å²) in [6.45, 7) is -0.418. The summed E-state index contributed by atoms with van der Waals surface area (Å²) in [6.07, 6.45) is -6.76. The summed E-state index contributed by atoms with van der Waals surface area (Å²) in [6, 6.07) is 32.7. The van der Waals surface area contributed by atoms with Gasteiger partial charge in [0, 0.05) is 7.11 Å². The van der Waals surface area contributed by atoms with Crippen molar-refractivity contribution in [3.05, 3.63) is 144 Å². The lowest BCUT2D eigenvalue weighted by Crippen LogP contribution is -2.63. The summed E-state index contributed by atoms with van der Waals surface area (Å²) >= 11 is 0. The molecule has 0 unspecified atom stereocenters. The second-order valence-corrected chi connectivity index (χ2v) is 9.95. The van der Waals surface area contributed by atoms with Gasteiger partial charge in [-0.05, 0) is 48.5 Å². The SMILES string of the molecule is CO[C@@H]1O[C@@H](COC(=O)c2ccccc2)[C@@H](OC(=O)c2ccccc2)[C@@H](OC(=O)c2ccccc2)[C@H]1OC(=O)c1ccccc1. The highest BCUT2D eigenvalue weighted by Gasteiger charge is 2.53. The van der Waals surface area contributed by atoms with Gasteiger partial charge in [-0.25, -0.2) is 19.2 Å². The Balaban J connectivity index is 1.50. The van der Waals surface area contributed by atoms with Gasteiger partial charge in [0.2, 0.25) is 0 Å². The van der Waals surface area contributed by atoms with E-state index in [0.717, 1.165) is 0 Å². The molecular weight excluding hydrogens is 580 g/mol. The van der Waals surface area contributed by atoms with Crippen molar-refractivity contribution in [2.24, 2.45) is 0 Å². The molecule has 1 saturated heterocycles. The molecular formula is C35H30O10. The van der Waals surface area contributed by atoms with Crippen molar-refractivity contribution in [1.82, 2.24) is 0 Å². The number of benzene rings is 4. The smallest absolute Gasteiger partial charge is 0.338 e. The lowest BCUT2D eigenvalue weighted by Gasteiger charge is -2.44. The monoisotopic (exact) mass is 610 g/mol. The standard InChI is InChI=1S/C35H30O10/c1-40-35-30(45-34(39)26-20-12-5-13-21-26)29(44-33(38)25-18-10-4-11-19-25)28(43-32(37)24-16-8-3-9-17-24)27(42-35)22-41-31(36)23-14-6-2-7-15-23/h2-21,27-30,35H,22H2,1H3/t27-,28+,29+,30+,35+/m0/s1. The molecule has 45 heavy (non-hydrogen) atoms. The van der Waals surface area contributed by atoms with Gasteiger partial charge in [0.1, 0.15) is 12.7 Å². The van der Waals surface area contributed by atoms with E-state index in [-0.39, 0.29) is 22.3 Å². The van der Waals surface area contributed by atoms with Crippen molar-refractivity contribution in [3.8, 4) is 0 Å². The van der Waals surface area contributed by atoms with E-state index in [1.54, 1.807) is 121 Å². The van der Waals surface area contributed by atoms with Gasteiger partial charge in [0.05, 0.1) is 22.3 Å². The molecule has 1 aliphatic heterocycles. The average molecular weight is 611 g/mol. The third-order valence-electron chi connectivity index (χ3n) is 6.97. The number of hydrogen-bond acceptors (Lipinski definition) is 10. The molecule has 4 aromatic carbocycles. The Labute approximate surface area is 259 Å². The minimum Gasteiger partial charge on any atom is -0.459 e. The van der Waals surface area contributed by atoms with Gasteiger partial charge in [-0.2, -0.15) is 0 Å². The first-order valence-corrected chi connectivity index (χ1v) is 14.1. The van der Waals surface area contributed by atoms with Crippen LogP contribution in [0.15, 0.2) is 121 Å². The van der Waals surface area contributed by atoms with Crippen molar-refractivity contribution in [3.63, 3.8) is 0 Å². The zero-order chi connectivity index (χ0) is 31.6. The highest BCUT2D eigenvalue weighted by atomic mass is 16.7. The molecule has 4 aromatic rings. The van der Waals surface area contributed by atoms with Crippen molar-refractivity contribution < 1.29 is 47.6 Å². The zero-order valence-corrected chi connectivity index (χ0v) is 24.2. The molecule has 5 atom stereocenters. The number of rotatable bonds is 10. The van der Waals surface area contributed by atoms with Crippen molar-refractivity contribution in [2.75, 3.05) is 13.7 Å². The van der Waals surface area contributed by atoms with Gasteiger partial charge in [0.15, 0.2) is 24.6 Å². The van der Waals surface area contributed by atoms with Crippen LogP contribution in [0.5, 0.6) is 0 Å². The zero-order valence-electron chi connectivity index (χ0n) is 24.2. The van der Waals surface area contributed by atoms with Crippen LogP contribution in [0.2, 0.25) is 0 Å². The fraction of sp³-hybridized carbons (Fsp3) is 0.200. The molecule has 10 heteroatoms. The minimum absolute atomic E-state index is 0.200. The summed E-state index contributed by atoms with van der Waals surface area (Å²) in [5, 5.41) is 0. The molecule has 0 amide bonds. The molecule has 1 aliphatic rings. The van der Waals surface area contributed by atoms with E-state index in [1.165, 1.54) is 7.11 Å². The van der Waals surface area contributed by atoms with Crippen LogP contribution >= 0.6 is 0 Å². The van der Waals surface area contributed by atoms with Gasteiger partial charge in [-0.15, -0.1) is 0 Å². The first-order chi connectivity index (χ1) is 21.9. The Morgan fingerprint density at radius 3 is 1.27 bits per heavy atom. The Bertz CT molecular complexity index is 1580. The van der Waals surface area contributed by atoms with E-state index in [9.17, 15) is 19.2 Å². The Morgan fingerprint density at radius 1 is 0.511 bits per heavy atom. The molecule has 0 aromatic heterocycles. The molecule has 0 aliphatic carbocycles. The second-order valence-electron chi connectivity index (χ2n) is 9.95. The molecule has 5 rings (SSSR count). The van der Waals surface area contributed by atoms with Crippen molar-refractivity contribution in [2.45, 2.75) is 30.7 Å². The maximum Gasteiger partial charge on any atom is 0.338 e. The first kappa shape index (κ1) is 31.1. The van der Waals surface area contributed by atoms with E-state index in [1.807, 2.05) is 0 Å². The fourth-order valence-electron chi connectivity index (χ4n) is 4.72. The average Bonchev–Trinajstić information content (AvgIpc) is 3.10. The third kappa shape index (κ3) is 7.80. The molecule has 0 spiro atoms. The van der Waals surface area contributed by atoms with E-state index >= 15 is 0 Å². The van der Waals surface area contributed by atoms with E-state index in [4.69, 9.17) is 28.4 Å². The van der Waals surface area contributed by atoms with Crippen LogP contribution in [0.25, 0.3) is 0 Å². The van der Waals surface area contributed by atoms with Crippen LogP contribution in [-0.2, 0) is 28.4 Å². The maximum atomic E-state index is 13.4.